The van der Waals surface area contributed by atoms with Gasteiger partial charge in [0.05, 0.1) is 42.8 Å². The molecule has 2 aliphatic heterocycles. The number of rotatable bonds is 9. The van der Waals surface area contributed by atoms with Crippen molar-refractivity contribution in [3.8, 4) is 23.1 Å². The van der Waals surface area contributed by atoms with E-state index < -0.39 is 0 Å². The molecule has 6 heterocycles. The first-order valence-corrected chi connectivity index (χ1v) is 15.9. The van der Waals surface area contributed by atoms with Crippen LogP contribution in [0, 0.1) is 11.8 Å². The number of aromatic amines is 4. The van der Waals surface area contributed by atoms with Crippen LogP contribution >= 0.6 is 0 Å². The first kappa shape index (κ1) is 29.3. The van der Waals surface area contributed by atoms with Gasteiger partial charge in [0.15, 0.2) is 0 Å². The Balaban J connectivity index is 0.957. The predicted molar refractivity (Wildman–Crippen MR) is 170 cm³/mol. The van der Waals surface area contributed by atoms with Crippen LogP contribution in [-0.2, 0) is 22.4 Å². The third-order valence-electron chi connectivity index (χ3n) is 8.83. The van der Waals surface area contributed by atoms with Crippen molar-refractivity contribution in [2.24, 2.45) is 0 Å². The SMILES string of the molecule is O=C(CCc1cnc[nH]1)N1CCC[C@H]1c1ncc(C#Cc2ccc(-c3cnc([C@@H]4CCCN4C(=O)CCc4cnc[nH]4)[nH]3)cc2)[nH]1. The predicted octanol–water partition coefficient (Wildman–Crippen LogP) is 4.24. The van der Waals surface area contributed by atoms with E-state index in [-0.39, 0.29) is 23.9 Å². The van der Waals surface area contributed by atoms with Gasteiger partial charge < -0.3 is 29.7 Å². The van der Waals surface area contributed by atoms with Gasteiger partial charge in [0, 0.05) is 55.3 Å². The fraction of sp³-hybridized carbons (Fsp3) is 0.353. The van der Waals surface area contributed by atoms with Gasteiger partial charge in [0.1, 0.15) is 17.3 Å². The fourth-order valence-electron chi connectivity index (χ4n) is 6.41. The van der Waals surface area contributed by atoms with E-state index in [2.05, 4.69) is 51.7 Å². The highest BCUT2D eigenvalue weighted by molar-refractivity contribution is 5.77. The van der Waals surface area contributed by atoms with Crippen molar-refractivity contribution in [2.45, 2.75) is 63.5 Å². The zero-order valence-electron chi connectivity index (χ0n) is 25.5. The topological polar surface area (TPSA) is 155 Å². The number of nitrogens with one attached hydrogen (secondary N) is 4. The molecule has 0 spiro atoms. The number of nitrogens with zero attached hydrogens (tertiary/aromatic N) is 6. The van der Waals surface area contributed by atoms with Gasteiger partial charge in [-0.2, -0.15) is 0 Å². The molecule has 0 saturated carbocycles. The summed E-state index contributed by atoms with van der Waals surface area (Å²) in [7, 11) is 0. The van der Waals surface area contributed by atoms with Gasteiger partial charge in [-0.15, -0.1) is 0 Å². The zero-order valence-corrected chi connectivity index (χ0v) is 25.5. The molecule has 12 nitrogen and oxygen atoms in total. The van der Waals surface area contributed by atoms with E-state index in [4.69, 9.17) is 0 Å². The molecule has 234 valence electrons. The molecule has 0 radical (unpaired) electrons. The Labute approximate surface area is 266 Å². The molecular weight excluding hydrogens is 580 g/mol. The summed E-state index contributed by atoms with van der Waals surface area (Å²) >= 11 is 0. The second-order valence-electron chi connectivity index (χ2n) is 11.8. The average Bonchev–Trinajstić information content (AvgIpc) is 3.93. The van der Waals surface area contributed by atoms with Crippen molar-refractivity contribution in [1.82, 2.24) is 49.7 Å². The van der Waals surface area contributed by atoms with E-state index in [0.29, 0.717) is 31.4 Å². The molecule has 2 atom stereocenters. The van der Waals surface area contributed by atoms with Crippen LogP contribution in [0.5, 0.6) is 0 Å². The normalized spacial score (nSPS) is 17.7. The van der Waals surface area contributed by atoms with E-state index in [1.54, 1.807) is 31.2 Å². The van der Waals surface area contributed by atoms with Gasteiger partial charge in [-0.1, -0.05) is 18.1 Å². The number of aromatic nitrogens is 8. The minimum atomic E-state index is -0.0557. The monoisotopic (exact) mass is 616 g/mol. The van der Waals surface area contributed by atoms with Crippen LogP contribution in [-0.4, -0.2) is 74.6 Å². The van der Waals surface area contributed by atoms with Crippen LogP contribution in [0.4, 0.5) is 0 Å². The molecule has 7 rings (SSSR count). The highest BCUT2D eigenvalue weighted by Crippen LogP contribution is 2.33. The van der Waals surface area contributed by atoms with Crippen LogP contribution in [0.3, 0.4) is 0 Å². The molecule has 0 bridgehead atoms. The maximum Gasteiger partial charge on any atom is 0.223 e. The van der Waals surface area contributed by atoms with Gasteiger partial charge in [-0.3, -0.25) is 9.59 Å². The molecule has 5 aromatic rings. The summed E-state index contributed by atoms with van der Waals surface area (Å²) in [6.07, 6.45) is 16.2. The molecule has 0 aliphatic carbocycles. The van der Waals surface area contributed by atoms with E-state index in [1.165, 1.54) is 0 Å². The lowest BCUT2D eigenvalue weighted by Crippen LogP contribution is -2.31. The van der Waals surface area contributed by atoms with Gasteiger partial charge in [-0.25, -0.2) is 19.9 Å². The fourth-order valence-corrected chi connectivity index (χ4v) is 6.41. The molecule has 1 aromatic carbocycles. The van der Waals surface area contributed by atoms with Gasteiger partial charge in [0.2, 0.25) is 11.8 Å². The zero-order chi connectivity index (χ0) is 31.3. The van der Waals surface area contributed by atoms with Crippen molar-refractivity contribution in [2.75, 3.05) is 13.1 Å². The summed E-state index contributed by atoms with van der Waals surface area (Å²) in [5.41, 5.74) is 5.43. The number of aryl methyl sites for hydroxylation is 2. The average molecular weight is 617 g/mol. The number of imidazole rings is 4. The van der Waals surface area contributed by atoms with Gasteiger partial charge >= 0.3 is 0 Å². The van der Waals surface area contributed by atoms with E-state index in [9.17, 15) is 9.59 Å². The van der Waals surface area contributed by atoms with Crippen molar-refractivity contribution in [3.05, 3.63) is 96.0 Å². The summed E-state index contributed by atoms with van der Waals surface area (Å²) in [6.45, 7) is 1.49. The lowest BCUT2D eigenvalue weighted by atomic mass is 10.1. The number of carbonyl (C=O) groups is 2. The second-order valence-corrected chi connectivity index (χ2v) is 11.8. The van der Waals surface area contributed by atoms with Crippen LogP contribution < -0.4 is 0 Å². The second kappa shape index (κ2) is 13.3. The maximum atomic E-state index is 13.0. The van der Waals surface area contributed by atoms with Gasteiger partial charge in [0.25, 0.3) is 0 Å². The van der Waals surface area contributed by atoms with Crippen molar-refractivity contribution in [1.29, 1.82) is 0 Å². The number of benzene rings is 1. The molecule has 2 aliphatic rings. The summed E-state index contributed by atoms with van der Waals surface area (Å²) in [4.78, 5) is 60.0. The summed E-state index contributed by atoms with van der Waals surface area (Å²) in [5, 5.41) is 0. The van der Waals surface area contributed by atoms with Crippen molar-refractivity contribution >= 4 is 11.8 Å². The summed E-state index contributed by atoms with van der Waals surface area (Å²) < 4.78 is 0. The molecule has 4 aromatic heterocycles. The first-order chi connectivity index (χ1) is 22.6. The minimum Gasteiger partial charge on any atom is -0.348 e. The van der Waals surface area contributed by atoms with E-state index in [1.807, 2.05) is 40.3 Å². The largest absolute Gasteiger partial charge is 0.348 e. The summed E-state index contributed by atoms with van der Waals surface area (Å²) in [5.74, 6) is 8.26. The van der Waals surface area contributed by atoms with Crippen LogP contribution in [0.2, 0.25) is 0 Å². The summed E-state index contributed by atoms with van der Waals surface area (Å²) in [6, 6.07) is 7.92. The quantitative estimate of drug-likeness (QED) is 0.182. The van der Waals surface area contributed by atoms with Crippen molar-refractivity contribution < 1.29 is 9.59 Å². The number of hydrogen-bond donors (Lipinski definition) is 4. The number of hydrogen-bond acceptors (Lipinski definition) is 6. The van der Waals surface area contributed by atoms with Crippen LogP contribution in [0.25, 0.3) is 11.3 Å². The molecule has 46 heavy (non-hydrogen) atoms. The van der Waals surface area contributed by atoms with E-state index in [0.717, 1.165) is 78.6 Å². The molecule has 2 saturated heterocycles. The Morgan fingerprint density at radius 2 is 1.33 bits per heavy atom. The van der Waals surface area contributed by atoms with Gasteiger partial charge in [-0.05, 0) is 62.1 Å². The Bertz CT molecular complexity index is 1830. The standard InChI is InChI=1S/C34H36N10O2/c45-31(13-11-25-17-35-21-39-25)43-15-1-3-29(43)33-37-19-27(41-33)10-7-23-5-8-24(9-6-23)28-20-38-34(42-28)30-4-2-16-44(30)32(46)14-12-26-18-36-22-40-26/h5-6,8-9,17-22,29-30H,1-4,11-16H2,(H,35,39)(H,36,40)(H,37,41)(H,38,42)/t29-,30-/m0/s1. The molecule has 2 fully saturated rings. The molecule has 12 heteroatoms. The number of likely N-dealkylation sites (tertiary alicyclic amines) is 2. The smallest absolute Gasteiger partial charge is 0.223 e. The third-order valence-corrected chi connectivity index (χ3v) is 8.83. The molecule has 2 amide bonds. The number of H-pyrrole nitrogens is 4. The maximum absolute atomic E-state index is 13.0. The minimum absolute atomic E-state index is 0.0381. The Kier molecular flexibility index (Phi) is 8.45. The molecular formula is C34H36N10O2. The van der Waals surface area contributed by atoms with Crippen LogP contribution in [0.15, 0.2) is 61.7 Å². The highest BCUT2D eigenvalue weighted by Gasteiger charge is 2.32. The van der Waals surface area contributed by atoms with Crippen LogP contribution in [0.1, 0.15) is 84.9 Å². The van der Waals surface area contributed by atoms with E-state index >= 15 is 0 Å². The highest BCUT2D eigenvalue weighted by atomic mass is 16.2. The third kappa shape index (κ3) is 6.49. The molecule has 0 unspecified atom stereocenters. The lowest BCUT2D eigenvalue weighted by molar-refractivity contribution is -0.133. The Hall–Kier alpha value is -5.44. The lowest BCUT2D eigenvalue weighted by Gasteiger charge is -2.23. The number of amides is 2. The molecule has 4 N–H and O–H groups in total. The first-order valence-electron chi connectivity index (χ1n) is 15.9. The Morgan fingerprint density at radius 1 is 0.739 bits per heavy atom. The van der Waals surface area contributed by atoms with Crippen molar-refractivity contribution in [3.63, 3.8) is 0 Å². The number of carbonyl (C=O) groups excluding carboxylic acids is 2. The Morgan fingerprint density at radius 3 is 1.91 bits per heavy atom.